The number of benzene rings is 1. The molecule has 7 heteroatoms. The zero-order chi connectivity index (χ0) is 22.5. The number of anilines is 1. The zero-order valence-corrected chi connectivity index (χ0v) is 20.5. The molecule has 5 rings (SSSR count). The molecule has 0 radical (unpaired) electrons. The quantitative estimate of drug-likeness (QED) is 0.335. The van der Waals surface area contributed by atoms with E-state index in [4.69, 9.17) is 0 Å². The molecule has 1 aliphatic heterocycles. The summed E-state index contributed by atoms with van der Waals surface area (Å²) in [7, 11) is 2.05. The van der Waals surface area contributed by atoms with Gasteiger partial charge in [-0.15, -0.1) is 21.5 Å². The molecule has 1 atom stereocenters. The van der Waals surface area contributed by atoms with Gasteiger partial charge in [0.15, 0.2) is 10.9 Å². The standard InChI is InChI=1S/C25H28N4OS2/c1-16(21(30)15-22-25(2,3)19-9-5-6-10-20(19)28(22)4)32-24-27-26-23(29(24)17-11-12-17)14-18-8-7-13-31-18/h5-10,13,15-17H,11-12,14H2,1-4H3/b22-15-. The van der Waals surface area contributed by atoms with Crippen LogP contribution in [0.15, 0.2) is 58.7 Å². The number of thioether (sulfide) groups is 1. The fourth-order valence-electron chi connectivity index (χ4n) is 4.50. The third-order valence-corrected chi connectivity index (χ3v) is 8.41. The van der Waals surface area contributed by atoms with Crippen molar-refractivity contribution >= 4 is 34.6 Å². The van der Waals surface area contributed by atoms with Crippen LogP contribution in [-0.4, -0.2) is 32.8 Å². The number of para-hydroxylation sites is 1. The number of nitrogens with zero attached hydrogens (tertiary/aromatic N) is 4. The summed E-state index contributed by atoms with van der Waals surface area (Å²) < 4.78 is 2.27. The number of thiophene rings is 1. The normalized spacial score (nSPS) is 19.4. The highest BCUT2D eigenvalue weighted by molar-refractivity contribution is 8.00. The predicted octanol–water partition coefficient (Wildman–Crippen LogP) is 5.63. The molecule has 1 unspecified atom stereocenters. The summed E-state index contributed by atoms with van der Waals surface area (Å²) in [4.78, 5) is 16.7. The Balaban J connectivity index is 1.36. The number of rotatable bonds is 7. The van der Waals surface area contributed by atoms with E-state index in [1.807, 2.05) is 26.1 Å². The largest absolute Gasteiger partial charge is 0.347 e. The zero-order valence-electron chi connectivity index (χ0n) is 18.9. The number of hydrogen-bond donors (Lipinski definition) is 0. The van der Waals surface area contributed by atoms with E-state index in [1.54, 1.807) is 11.3 Å². The van der Waals surface area contributed by atoms with Gasteiger partial charge in [0, 0.05) is 47.3 Å². The molecular formula is C25H28N4OS2. The molecule has 1 aromatic carbocycles. The van der Waals surface area contributed by atoms with Crippen LogP contribution in [0.1, 0.15) is 55.9 Å². The van der Waals surface area contributed by atoms with E-state index in [0.29, 0.717) is 6.04 Å². The first kappa shape index (κ1) is 21.5. The molecule has 0 spiro atoms. The lowest BCUT2D eigenvalue weighted by molar-refractivity contribution is -0.114. The summed E-state index contributed by atoms with van der Waals surface area (Å²) in [5.41, 5.74) is 3.27. The van der Waals surface area contributed by atoms with Gasteiger partial charge in [-0.2, -0.15) is 0 Å². The topological polar surface area (TPSA) is 51.0 Å². The van der Waals surface area contributed by atoms with Gasteiger partial charge in [0.2, 0.25) is 0 Å². The highest BCUT2D eigenvalue weighted by atomic mass is 32.2. The van der Waals surface area contributed by atoms with Gasteiger partial charge in [0.25, 0.3) is 0 Å². The van der Waals surface area contributed by atoms with Gasteiger partial charge in [-0.1, -0.05) is 49.9 Å². The number of aromatic nitrogens is 3. The van der Waals surface area contributed by atoms with Crippen LogP contribution < -0.4 is 4.90 Å². The molecule has 166 valence electrons. The summed E-state index contributed by atoms with van der Waals surface area (Å²) in [5.74, 6) is 1.12. The van der Waals surface area contributed by atoms with Crippen molar-refractivity contribution < 1.29 is 4.79 Å². The first-order valence-electron chi connectivity index (χ1n) is 11.1. The molecule has 3 aromatic rings. The van der Waals surface area contributed by atoms with Gasteiger partial charge in [-0.3, -0.25) is 4.79 Å². The molecule has 1 aliphatic carbocycles. The second-order valence-corrected chi connectivity index (χ2v) is 11.5. The Morgan fingerprint density at radius 2 is 2.03 bits per heavy atom. The minimum Gasteiger partial charge on any atom is -0.347 e. The third-order valence-electron chi connectivity index (χ3n) is 6.46. The fraction of sp³-hybridized carbons (Fsp3) is 0.400. The van der Waals surface area contributed by atoms with Crippen LogP contribution in [-0.2, 0) is 16.6 Å². The Kier molecular flexibility index (Phi) is 5.50. The second-order valence-electron chi connectivity index (χ2n) is 9.15. The summed E-state index contributed by atoms with van der Waals surface area (Å²) in [6, 6.07) is 13.1. The van der Waals surface area contributed by atoms with Crippen molar-refractivity contribution in [1.29, 1.82) is 0 Å². The third kappa shape index (κ3) is 3.82. The molecule has 2 aromatic heterocycles. The molecule has 0 N–H and O–H groups in total. The van der Waals surface area contributed by atoms with Gasteiger partial charge in [0.05, 0.1) is 5.25 Å². The molecule has 1 fully saturated rings. The molecule has 3 heterocycles. The van der Waals surface area contributed by atoms with Gasteiger partial charge in [-0.25, -0.2) is 0 Å². The Bertz CT molecular complexity index is 1170. The number of fused-ring (bicyclic) bond motifs is 1. The summed E-state index contributed by atoms with van der Waals surface area (Å²) >= 11 is 3.27. The van der Waals surface area contributed by atoms with Crippen LogP contribution in [0.25, 0.3) is 0 Å². The minimum atomic E-state index is -0.230. The van der Waals surface area contributed by atoms with E-state index in [2.05, 4.69) is 69.2 Å². The Morgan fingerprint density at radius 1 is 1.25 bits per heavy atom. The van der Waals surface area contributed by atoms with Gasteiger partial charge >= 0.3 is 0 Å². The van der Waals surface area contributed by atoms with Crippen molar-refractivity contribution in [2.45, 2.75) is 61.9 Å². The van der Waals surface area contributed by atoms with Crippen molar-refractivity contribution in [3.8, 4) is 0 Å². The molecule has 5 nitrogen and oxygen atoms in total. The smallest absolute Gasteiger partial charge is 0.192 e. The van der Waals surface area contributed by atoms with Crippen molar-refractivity contribution in [3.63, 3.8) is 0 Å². The molecular weight excluding hydrogens is 436 g/mol. The molecule has 1 saturated carbocycles. The first-order valence-corrected chi connectivity index (χ1v) is 12.8. The number of ketones is 1. The highest BCUT2D eigenvalue weighted by Gasteiger charge is 2.39. The number of carbonyl (C=O) groups is 1. The molecule has 32 heavy (non-hydrogen) atoms. The van der Waals surface area contributed by atoms with Crippen molar-refractivity contribution in [2.24, 2.45) is 0 Å². The van der Waals surface area contributed by atoms with Crippen LogP contribution in [0.4, 0.5) is 5.69 Å². The van der Waals surface area contributed by atoms with Crippen molar-refractivity contribution in [3.05, 3.63) is 69.8 Å². The number of hydrogen-bond acceptors (Lipinski definition) is 6. The van der Waals surface area contributed by atoms with Crippen LogP contribution in [0, 0.1) is 0 Å². The second kappa shape index (κ2) is 8.19. The van der Waals surface area contributed by atoms with Crippen LogP contribution >= 0.6 is 23.1 Å². The number of allylic oxidation sites excluding steroid dienone is 2. The van der Waals surface area contributed by atoms with Crippen molar-refractivity contribution in [1.82, 2.24) is 14.8 Å². The van der Waals surface area contributed by atoms with E-state index < -0.39 is 0 Å². The van der Waals surface area contributed by atoms with E-state index in [9.17, 15) is 4.79 Å². The monoisotopic (exact) mass is 464 g/mol. The maximum Gasteiger partial charge on any atom is 0.192 e. The van der Waals surface area contributed by atoms with E-state index >= 15 is 0 Å². The van der Waals surface area contributed by atoms with Crippen LogP contribution in [0.5, 0.6) is 0 Å². The maximum absolute atomic E-state index is 13.3. The minimum absolute atomic E-state index is 0.114. The number of carbonyl (C=O) groups excluding carboxylic acids is 1. The average Bonchev–Trinajstić information content (AvgIpc) is 3.27. The molecule has 0 bridgehead atoms. The lowest BCUT2D eigenvalue weighted by Gasteiger charge is -2.24. The average molecular weight is 465 g/mol. The summed E-state index contributed by atoms with van der Waals surface area (Å²) in [6.45, 7) is 6.35. The molecule has 2 aliphatic rings. The number of likely N-dealkylation sites (N-methyl/N-ethyl adjacent to an activating group) is 1. The van der Waals surface area contributed by atoms with Gasteiger partial charge < -0.3 is 9.47 Å². The van der Waals surface area contributed by atoms with E-state index in [0.717, 1.165) is 35.9 Å². The molecule has 0 saturated heterocycles. The Labute approximate surface area is 197 Å². The van der Waals surface area contributed by atoms with Gasteiger partial charge in [-0.05, 0) is 42.8 Å². The summed E-state index contributed by atoms with van der Waals surface area (Å²) in [5, 5.41) is 11.7. The van der Waals surface area contributed by atoms with Crippen LogP contribution in [0.3, 0.4) is 0 Å². The van der Waals surface area contributed by atoms with E-state index in [-0.39, 0.29) is 16.4 Å². The summed E-state index contributed by atoms with van der Waals surface area (Å²) in [6.07, 6.45) is 4.95. The SMILES string of the molecule is CC(Sc1nnc(Cc2cccs2)n1C1CC1)C(=O)/C=C1\N(C)c2ccccc2C1(C)C. The maximum atomic E-state index is 13.3. The van der Waals surface area contributed by atoms with Gasteiger partial charge in [0.1, 0.15) is 5.82 Å². The van der Waals surface area contributed by atoms with E-state index in [1.165, 1.54) is 27.9 Å². The molecule has 0 amide bonds. The van der Waals surface area contributed by atoms with Crippen LogP contribution in [0.2, 0.25) is 0 Å². The lowest BCUT2D eigenvalue weighted by Crippen LogP contribution is -2.25. The van der Waals surface area contributed by atoms with Crippen molar-refractivity contribution in [2.75, 3.05) is 11.9 Å². The Morgan fingerprint density at radius 3 is 2.72 bits per heavy atom. The predicted molar refractivity (Wildman–Crippen MR) is 132 cm³/mol. The Hall–Kier alpha value is -2.38. The highest BCUT2D eigenvalue weighted by Crippen LogP contribution is 2.47. The first-order chi connectivity index (χ1) is 15.4. The fourth-order valence-corrected chi connectivity index (χ4v) is 6.16. The lowest BCUT2D eigenvalue weighted by atomic mass is 9.83.